The highest BCUT2D eigenvalue weighted by atomic mass is 35.5. The average molecular weight is 254 g/mol. The van der Waals surface area contributed by atoms with Gasteiger partial charge in [0.2, 0.25) is 0 Å². The Morgan fingerprint density at radius 1 is 1.29 bits per heavy atom. The summed E-state index contributed by atoms with van der Waals surface area (Å²) in [5, 5.41) is 0.469. The first-order valence-corrected chi connectivity index (χ1v) is 6.60. The molecule has 0 radical (unpaired) electrons. The van der Waals surface area contributed by atoms with Crippen LogP contribution in [0.4, 0.5) is 11.5 Å². The van der Waals surface area contributed by atoms with E-state index in [0.29, 0.717) is 16.9 Å². The molecule has 0 spiro atoms. The minimum Gasteiger partial charge on any atom is -0.399 e. The number of pyridine rings is 1. The maximum absolute atomic E-state index is 5.94. The second kappa shape index (κ2) is 5.13. The molecule has 17 heavy (non-hydrogen) atoms. The van der Waals surface area contributed by atoms with E-state index >= 15 is 0 Å². The van der Waals surface area contributed by atoms with Crippen molar-refractivity contribution >= 4 is 23.1 Å². The molecule has 94 valence electrons. The lowest BCUT2D eigenvalue weighted by atomic mass is 9.87. The van der Waals surface area contributed by atoms with Crippen LogP contribution >= 0.6 is 11.6 Å². The Hall–Kier alpha value is -0.960. The van der Waals surface area contributed by atoms with Crippen molar-refractivity contribution in [2.45, 2.75) is 38.6 Å². The smallest absolute Gasteiger partial charge is 0.133 e. The van der Waals surface area contributed by atoms with Gasteiger partial charge in [0.1, 0.15) is 11.0 Å². The molecule has 1 aliphatic rings. The molecular weight excluding hydrogens is 234 g/mol. The molecule has 1 aliphatic carbocycles. The quantitative estimate of drug-likeness (QED) is 0.822. The number of rotatable bonds is 2. The van der Waals surface area contributed by atoms with Gasteiger partial charge >= 0.3 is 0 Å². The normalized spacial score (nSPS) is 24.6. The Morgan fingerprint density at radius 3 is 2.53 bits per heavy atom. The zero-order valence-corrected chi connectivity index (χ0v) is 11.2. The number of nitrogen functional groups attached to an aromatic ring is 1. The van der Waals surface area contributed by atoms with Gasteiger partial charge in [0.25, 0.3) is 0 Å². The van der Waals surface area contributed by atoms with Crippen molar-refractivity contribution in [3.05, 3.63) is 17.3 Å². The van der Waals surface area contributed by atoms with Crippen LogP contribution in [0.2, 0.25) is 5.15 Å². The summed E-state index contributed by atoms with van der Waals surface area (Å²) in [6.07, 6.45) is 5.05. The van der Waals surface area contributed by atoms with Gasteiger partial charge in [-0.1, -0.05) is 18.5 Å². The van der Waals surface area contributed by atoms with Crippen LogP contribution in [0, 0.1) is 5.92 Å². The Labute approximate surface area is 108 Å². The van der Waals surface area contributed by atoms with Gasteiger partial charge in [-0.05, 0) is 37.7 Å². The first kappa shape index (κ1) is 12.5. The van der Waals surface area contributed by atoms with Crippen molar-refractivity contribution in [2.75, 3.05) is 17.7 Å². The topological polar surface area (TPSA) is 42.1 Å². The van der Waals surface area contributed by atoms with Gasteiger partial charge in [0.05, 0.1) is 0 Å². The van der Waals surface area contributed by atoms with E-state index in [4.69, 9.17) is 17.3 Å². The average Bonchev–Trinajstić information content (AvgIpc) is 2.28. The molecule has 2 rings (SSSR count). The summed E-state index contributed by atoms with van der Waals surface area (Å²) in [6, 6.07) is 4.14. The third-order valence-electron chi connectivity index (χ3n) is 3.70. The lowest BCUT2D eigenvalue weighted by Crippen LogP contribution is -2.35. The second-order valence-corrected chi connectivity index (χ2v) is 5.49. The highest BCUT2D eigenvalue weighted by Gasteiger charge is 2.22. The summed E-state index contributed by atoms with van der Waals surface area (Å²) < 4.78 is 0. The number of hydrogen-bond donors (Lipinski definition) is 1. The summed E-state index contributed by atoms with van der Waals surface area (Å²) >= 11 is 5.94. The Bertz CT molecular complexity index is 366. The van der Waals surface area contributed by atoms with Gasteiger partial charge < -0.3 is 10.6 Å². The number of hydrogen-bond acceptors (Lipinski definition) is 3. The number of nitrogens with zero attached hydrogens (tertiary/aromatic N) is 2. The summed E-state index contributed by atoms with van der Waals surface area (Å²) in [5.74, 6) is 1.74. The van der Waals surface area contributed by atoms with E-state index in [1.165, 1.54) is 25.7 Å². The minimum absolute atomic E-state index is 0.469. The maximum atomic E-state index is 5.94. The minimum atomic E-state index is 0.469. The Morgan fingerprint density at radius 2 is 1.94 bits per heavy atom. The molecule has 0 amide bonds. The van der Waals surface area contributed by atoms with Crippen LogP contribution in [0.3, 0.4) is 0 Å². The van der Waals surface area contributed by atoms with Crippen molar-refractivity contribution in [1.82, 2.24) is 4.98 Å². The van der Waals surface area contributed by atoms with Gasteiger partial charge in [-0.15, -0.1) is 0 Å². The van der Waals surface area contributed by atoms with Crippen molar-refractivity contribution in [1.29, 1.82) is 0 Å². The van der Waals surface area contributed by atoms with Crippen LogP contribution in [0.1, 0.15) is 32.6 Å². The van der Waals surface area contributed by atoms with Crippen LogP contribution in [0.25, 0.3) is 0 Å². The monoisotopic (exact) mass is 253 g/mol. The predicted octanol–water partition coefficient (Wildman–Crippen LogP) is 3.33. The molecule has 0 unspecified atom stereocenters. The number of nitrogens with two attached hydrogens (primary N) is 1. The van der Waals surface area contributed by atoms with E-state index in [1.54, 1.807) is 6.07 Å². The van der Waals surface area contributed by atoms with Crippen molar-refractivity contribution in [3.63, 3.8) is 0 Å². The van der Waals surface area contributed by atoms with Crippen LogP contribution in [0.5, 0.6) is 0 Å². The Kier molecular flexibility index (Phi) is 3.77. The molecular formula is C13H20ClN3. The van der Waals surface area contributed by atoms with E-state index in [0.717, 1.165) is 11.7 Å². The van der Waals surface area contributed by atoms with E-state index in [9.17, 15) is 0 Å². The van der Waals surface area contributed by atoms with Crippen molar-refractivity contribution < 1.29 is 0 Å². The molecule has 3 nitrogen and oxygen atoms in total. The van der Waals surface area contributed by atoms with Crippen LogP contribution < -0.4 is 10.6 Å². The van der Waals surface area contributed by atoms with Gasteiger partial charge in [-0.3, -0.25) is 0 Å². The third-order valence-corrected chi connectivity index (χ3v) is 3.89. The lowest BCUT2D eigenvalue weighted by Gasteiger charge is -2.34. The van der Waals surface area contributed by atoms with E-state index in [-0.39, 0.29) is 0 Å². The molecule has 1 aromatic heterocycles. The third kappa shape index (κ3) is 3.03. The van der Waals surface area contributed by atoms with E-state index in [2.05, 4.69) is 23.9 Å². The van der Waals surface area contributed by atoms with Crippen LogP contribution in [-0.4, -0.2) is 18.1 Å². The van der Waals surface area contributed by atoms with Crippen molar-refractivity contribution in [2.24, 2.45) is 5.92 Å². The highest BCUT2D eigenvalue weighted by molar-refractivity contribution is 6.29. The molecule has 1 aromatic rings. The SMILES string of the molecule is CC1CCC(N(C)c2cc(N)cc(Cl)n2)CC1. The summed E-state index contributed by atoms with van der Waals surface area (Å²) in [4.78, 5) is 6.56. The fraction of sp³-hybridized carbons (Fsp3) is 0.615. The van der Waals surface area contributed by atoms with Gasteiger partial charge in [-0.25, -0.2) is 4.98 Å². The summed E-state index contributed by atoms with van der Waals surface area (Å²) in [7, 11) is 2.08. The molecule has 0 saturated heterocycles. The zero-order chi connectivity index (χ0) is 12.4. The first-order valence-electron chi connectivity index (χ1n) is 6.22. The van der Waals surface area contributed by atoms with E-state index < -0.39 is 0 Å². The van der Waals surface area contributed by atoms with Crippen LogP contribution in [-0.2, 0) is 0 Å². The molecule has 0 aromatic carbocycles. The molecule has 2 N–H and O–H groups in total. The summed E-state index contributed by atoms with van der Waals surface area (Å²) in [5.41, 5.74) is 6.47. The molecule has 0 bridgehead atoms. The fourth-order valence-corrected chi connectivity index (χ4v) is 2.71. The largest absolute Gasteiger partial charge is 0.399 e. The zero-order valence-electron chi connectivity index (χ0n) is 10.5. The summed E-state index contributed by atoms with van der Waals surface area (Å²) in [6.45, 7) is 2.33. The maximum Gasteiger partial charge on any atom is 0.133 e. The highest BCUT2D eigenvalue weighted by Crippen LogP contribution is 2.29. The predicted molar refractivity (Wildman–Crippen MR) is 73.5 cm³/mol. The molecule has 1 heterocycles. The van der Waals surface area contributed by atoms with Gasteiger partial charge in [-0.2, -0.15) is 0 Å². The fourth-order valence-electron chi connectivity index (χ4n) is 2.50. The lowest BCUT2D eigenvalue weighted by molar-refractivity contribution is 0.340. The van der Waals surface area contributed by atoms with Gasteiger partial charge in [0.15, 0.2) is 0 Å². The number of aromatic nitrogens is 1. The molecule has 4 heteroatoms. The molecule has 1 saturated carbocycles. The van der Waals surface area contributed by atoms with E-state index in [1.807, 2.05) is 6.07 Å². The number of halogens is 1. The van der Waals surface area contributed by atoms with Crippen LogP contribution in [0.15, 0.2) is 12.1 Å². The molecule has 0 aliphatic heterocycles. The molecule has 1 fully saturated rings. The molecule has 0 atom stereocenters. The first-order chi connectivity index (χ1) is 8.06. The number of anilines is 2. The second-order valence-electron chi connectivity index (χ2n) is 5.11. The van der Waals surface area contributed by atoms with Gasteiger partial charge in [0, 0.05) is 24.8 Å². The Balaban J connectivity index is 2.10. The van der Waals surface area contributed by atoms with Crippen molar-refractivity contribution in [3.8, 4) is 0 Å². The standard InChI is InChI=1S/C13H20ClN3/c1-9-3-5-11(6-4-9)17(2)13-8-10(15)7-12(14)16-13/h7-9,11H,3-6H2,1-2H3,(H2,15,16).